The first-order valence-electron chi connectivity index (χ1n) is 7.90. The van der Waals surface area contributed by atoms with Crippen LogP contribution in [0.3, 0.4) is 0 Å². The molecule has 1 saturated heterocycles. The molecular formula is C17H23NO. The molecule has 4 atom stereocenters. The van der Waals surface area contributed by atoms with Gasteiger partial charge in [-0.15, -0.1) is 0 Å². The largest absolute Gasteiger partial charge is 0.313 e. The predicted octanol–water partition coefficient (Wildman–Crippen LogP) is 3.00. The summed E-state index contributed by atoms with van der Waals surface area (Å²) in [5, 5.41) is 3.71. The molecule has 4 aliphatic rings. The molecule has 19 heavy (non-hydrogen) atoms. The summed E-state index contributed by atoms with van der Waals surface area (Å²) in [6.45, 7) is 3.35. The number of hydrogen-bond acceptors (Lipinski definition) is 2. The Hall–Kier alpha value is -0.890. The van der Waals surface area contributed by atoms with Gasteiger partial charge in [-0.3, -0.25) is 4.79 Å². The van der Waals surface area contributed by atoms with E-state index in [2.05, 4.69) is 24.4 Å². The van der Waals surface area contributed by atoms with E-state index in [-0.39, 0.29) is 5.41 Å². The summed E-state index contributed by atoms with van der Waals surface area (Å²) in [6, 6.07) is 0.561. The van der Waals surface area contributed by atoms with Gasteiger partial charge in [0.15, 0.2) is 0 Å². The molecule has 0 amide bonds. The quantitative estimate of drug-likeness (QED) is 0.723. The van der Waals surface area contributed by atoms with Crippen molar-refractivity contribution in [1.29, 1.82) is 0 Å². The normalized spacial score (nSPS) is 44.9. The Labute approximate surface area is 115 Å². The van der Waals surface area contributed by atoms with Gasteiger partial charge < -0.3 is 5.32 Å². The van der Waals surface area contributed by atoms with E-state index in [4.69, 9.17) is 0 Å². The maximum atomic E-state index is 12.8. The molecule has 4 rings (SSSR count). The van der Waals surface area contributed by atoms with E-state index in [9.17, 15) is 4.79 Å². The zero-order valence-corrected chi connectivity index (χ0v) is 11.7. The van der Waals surface area contributed by atoms with E-state index < -0.39 is 0 Å². The summed E-state index contributed by atoms with van der Waals surface area (Å²) in [4.78, 5) is 12.8. The average molecular weight is 257 g/mol. The number of hydrogen-bond donors (Lipinski definition) is 1. The topological polar surface area (TPSA) is 29.1 Å². The van der Waals surface area contributed by atoms with Crippen molar-refractivity contribution in [3.05, 3.63) is 23.3 Å². The van der Waals surface area contributed by atoms with Gasteiger partial charge in [-0.1, -0.05) is 24.6 Å². The fraction of sp³-hybridized carbons (Fsp3) is 0.706. The third-order valence-corrected chi connectivity index (χ3v) is 6.10. The van der Waals surface area contributed by atoms with Crippen molar-refractivity contribution in [2.75, 3.05) is 6.54 Å². The lowest BCUT2D eigenvalue weighted by Gasteiger charge is -2.56. The summed E-state index contributed by atoms with van der Waals surface area (Å²) in [7, 11) is 0. The van der Waals surface area contributed by atoms with Gasteiger partial charge in [0.2, 0.25) is 0 Å². The van der Waals surface area contributed by atoms with Gasteiger partial charge in [-0.2, -0.15) is 0 Å². The lowest BCUT2D eigenvalue weighted by atomic mass is 9.50. The number of rotatable bonds is 0. The first-order chi connectivity index (χ1) is 9.23. The molecule has 0 spiro atoms. The van der Waals surface area contributed by atoms with Crippen LogP contribution in [0.5, 0.6) is 0 Å². The molecule has 1 aliphatic heterocycles. The second kappa shape index (κ2) is 4.05. The zero-order valence-electron chi connectivity index (χ0n) is 11.7. The van der Waals surface area contributed by atoms with Gasteiger partial charge in [-0.05, 0) is 56.1 Å². The Bertz CT molecular complexity index is 489. The van der Waals surface area contributed by atoms with Crippen LogP contribution in [0.2, 0.25) is 0 Å². The van der Waals surface area contributed by atoms with Crippen molar-refractivity contribution < 1.29 is 4.79 Å². The number of piperidine rings is 1. The molecule has 2 bridgehead atoms. The smallest absolute Gasteiger partial charge is 0.143 e. The summed E-state index contributed by atoms with van der Waals surface area (Å²) in [5.41, 5.74) is 2.93. The molecule has 102 valence electrons. The van der Waals surface area contributed by atoms with Crippen LogP contribution in [-0.2, 0) is 4.79 Å². The SMILES string of the molecule is CC1CC=CC2=C1C[C@H]1NCC[C@@]23C(=O)CCC[C@@H]13. The fourth-order valence-corrected chi connectivity index (χ4v) is 5.21. The van der Waals surface area contributed by atoms with E-state index in [0.717, 1.165) is 32.2 Å². The number of nitrogens with one attached hydrogen (secondary N) is 1. The van der Waals surface area contributed by atoms with Crippen LogP contribution in [0.4, 0.5) is 0 Å². The molecule has 1 N–H and O–H groups in total. The first-order valence-corrected chi connectivity index (χ1v) is 7.90. The second-order valence-electron chi connectivity index (χ2n) is 6.89. The predicted molar refractivity (Wildman–Crippen MR) is 75.8 cm³/mol. The average Bonchev–Trinajstić information content (AvgIpc) is 2.40. The van der Waals surface area contributed by atoms with Gasteiger partial charge in [0.05, 0.1) is 5.41 Å². The van der Waals surface area contributed by atoms with Gasteiger partial charge in [-0.25, -0.2) is 0 Å². The van der Waals surface area contributed by atoms with Gasteiger partial charge in [0.25, 0.3) is 0 Å². The molecule has 0 radical (unpaired) electrons. The molecule has 1 unspecified atom stereocenters. The molecule has 0 aromatic rings. The standard InChI is InChI=1S/C17H23NO/c1-11-4-2-5-13-12(11)10-15-14-6-3-7-16(19)17(13,14)8-9-18-15/h2,5,11,14-15,18H,3-4,6-10H2,1H3/t11?,14-,15+,17+/m0/s1. The maximum absolute atomic E-state index is 12.8. The van der Waals surface area contributed by atoms with Crippen LogP contribution in [0.1, 0.15) is 45.4 Å². The lowest BCUT2D eigenvalue weighted by molar-refractivity contribution is -0.136. The van der Waals surface area contributed by atoms with Crippen molar-refractivity contribution in [2.45, 2.75) is 51.5 Å². The highest BCUT2D eigenvalue weighted by Crippen LogP contribution is 2.57. The Kier molecular flexibility index (Phi) is 2.54. The fourth-order valence-electron chi connectivity index (χ4n) is 5.21. The van der Waals surface area contributed by atoms with Crippen LogP contribution in [0.25, 0.3) is 0 Å². The highest BCUT2D eigenvalue weighted by molar-refractivity contribution is 5.90. The summed E-state index contributed by atoms with van der Waals surface area (Å²) in [5.74, 6) is 1.74. The van der Waals surface area contributed by atoms with E-state index in [1.165, 1.54) is 18.4 Å². The van der Waals surface area contributed by atoms with Crippen LogP contribution in [0, 0.1) is 17.3 Å². The number of ketones is 1. The lowest BCUT2D eigenvalue weighted by Crippen LogP contribution is -2.60. The Morgan fingerprint density at radius 2 is 2.32 bits per heavy atom. The Balaban J connectivity index is 1.92. The van der Waals surface area contributed by atoms with Gasteiger partial charge >= 0.3 is 0 Å². The van der Waals surface area contributed by atoms with Crippen LogP contribution >= 0.6 is 0 Å². The molecular weight excluding hydrogens is 234 g/mol. The molecule has 2 heteroatoms. The van der Waals surface area contributed by atoms with E-state index in [1.807, 2.05) is 0 Å². The Morgan fingerprint density at radius 3 is 3.21 bits per heavy atom. The van der Waals surface area contributed by atoms with Crippen molar-refractivity contribution >= 4 is 5.78 Å². The van der Waals surface area contributed by atoms with E-state index >= 15 is 0 Å². The highest BCUT2D eigenvalue weighted by atomic mass is 16.1. The number of allylic oxidation sites excluding steroid dienone is 3. The number of carbonyl (C=O) groups is 1. The molecule has 1 saturated carbocycles. The molecule has 1 heterocycles. The number of Topliss-reactive ketones (excluding diaryl/α,β-unsaturated/α-hetero) is 1. The third kappa shape index (κ3) is 1.44. The molecule has 0 aromatic carbocycles. The summed E-state index contributed by atoms with van der Waals surface area (Å²) in [6.07, 6.45) is 11.1. The monoisotopic (exact) mass is 257 g/mol. The number of carbonyl (C=O) groups excluding carboxylic acids is 1. The minimum absolute atomic E-state index is 0.104. The minimum Gasteiger partial charge on any atom is -0.313 e. The molecule has 2 nitrogen and oxygen atoms in total. The van der Waals surface area contributed by atoms with Crippen LogP contribution in [-0.4, -0.2) is 18.4 Å². The van der Waals surface area contributed by atoms with Gasteiger partial charge in [0, 0.05) is 12.5 Å². The second-order valence-corrected chi connectivity index (χ2v) is 6.89. The highest BCUT2D eigenvalue weighted by Gasteiger charge is 2.57. The minimum atomic E-state index is -0.104. The zero-order chi connectivity index (χ0) is 13.0. The Morgan fingerprint density at radius 1 is 1.42 bits per heavy atom. The summed E-state index contributed by atoms with van der Waals surface area (Å²) >= 11 is 0. The molecule has 2 fully saturated rings. The summed E-state index contributed by atoms with van der Waals surface area (Å²) < 4.78 is 0. The molecule has 0 aromatic heterocycles. The third-order valence-electron chi connectivity index (χ3n) is 6.10. The van der Waals surface area contributed by atoms with Crippen molar-refractivity contribution in [3.8, 4) is 0 Å². The van der Waals surface area contributed by atoms with E-state index in [1.54, 1.807) is 5.57 Å². The molecule has 3 aliphatic carbocycles. The van der Waals surface area contributed by atoms with Crippen molar-refractivity contribution in [1.82, 2.24) is 5.32 Å². The van der Waals surface area contributed by atoms with Crippen LogP contribution in [0.15, 0.2) is 23.3 Å². The van der Waals surface area contributed by atoms with Crippen molar-refractivity contribution in [3.63, 3.8) is 0 Å². The van der Waals surface area contributed by atoms with Crippen molar-refractivity contribution in [2.24, 2.45) is 17.3 Å². The first kappa shape index (κ1) is 11.9. The van der Waals surface area contributed by atoms with E-state index in [0.29, 0.717) is 23.7 Å². The maximum Gasteiger partial charge on any atom is 0.143 e. The van der Waals surface area contributed by atoms with Crippen LogP contribution < -0.4 is 5.32 Å². The van der Waals surface area contributed by atoms with Gasteiger partial charge in [0.1, 0.15) is 5.78 Å².